The van der Waals surface area contributed by atoms with Crippen molar-refractivity contribution in [1.29, 1.82) is 5.41 Å². The molecule has 0 aromatic carbocycles. The largest absolute Gasteiger partial charge is 0.311 e. The minimum Gasteiger partial charge on any atom is -0.311 e. The number of hydrogen-bond acceptors (Lipinski definition) is 5. The summed E-state index contributed by atoms with van der Waals surface area (Å²) in [6, 6.07) is 0. The number of rotatable bonds is 2. The Bertz CT molecular complexity index is 109. The Morgan fingerprint density at radius 2 is 1.75 bits per heavy atom. The van der Waals surface area contributed by atoms with Crippen LogP contribution in [0.5, 0.6) is 0 Å². The van der Waals surface area contributed by atoms with E-state index in [4.69, 9.17) is 11.1 Å². The minimum absolute atomic E-state index is 0. The molecular weight excluding hydrogens is 156 g/mol. The molecule has 0 radical (unpaired) electrons. The normalized spacial score (nSPS) is 7.92. The number of nitrogens with two attached hydrogens (primary N) is 1. The number of nitrogens with zero attached hydrogens (tertiary/aromatic N) is 4. The van der Waals surface area contributed by atoms with Crippen LogP contribution in [0.25, 0.3) is 0 Å². The van der Waals surface area contributed by atoms with Gasteiger partial charge in [0.1, 0.15) is 13.0 Å². The van der Waals surface area contributed by atoms with Gasteiger partial charge in [-0.1, -0.05) is 14.9 Å². The molecule has 0 saturated heterocycles. The second kappa shape index (κ2) is 32.9. The fraction of sp³-hybridized carbons (Fsp3) is 0.833. The van der Waals surface area contributed by atoms with Crippen LogP contribution < -0.4 is 5.73 Å². The molecule has 6 heteroatoms. The SMILES string of the molecule is C.C.CN=NC=N.CN=NCN. The molecule has 0 amide bonds. The van der Waals surface area contributed by atoms with E-state index in [9.17, 15) is 0 Å². The van der Waals surface area contributed by atoms with Crippen molar-refractivity contribution in [2.24, 2.45) is 26.2 Å². The summed E-state index contributed by atoms with van der Waals surface area (Å²) < 4.78 is 0. The van der Waals surface area contributed by atoms with Crippen LogP contribution in [0.15, 0.2) is 20.5 Å². The summed E-state index contributed by atoms with van der Waals surface area (Å²) in [6.07, 6.45) is 0.889. The van der Waals surface area contributed by atoms with Crippen LogP contribution in [0.4, 0.5) is 0 Å². The van der Waals surface area contributed by atoms with Crippen LogP contribution in [-0.2, 0) is 0 Å². The Labute approximate surface area is 74.5 Å². The molecule has 0 aromatic rings. The van der Waals surface area contributed by atoms with Gasteiger partial charge in [0.05, 0.1) is 0 Å². The molecule has 0 fully saturated rings. The minimum atomic E-state index is 0. The van der Waals surface area contributed by atoms with Crippen LogP contribution in [0.3, 0.4) is 0 Å². The van der Waals surface area contributed by atoms with Crippen molar-refractivity contribution in [2.45, 2.75) is 14.9 Å². The van der Waals surface area contributed by atoms with E-state index in [2.05, 4.69) is 20.5 Å². The smallest absolute Gasteiger partial charge is 0.129 e. The molecule has 0 rings (SSSR count). The number of nitrogens with one attached hydrogen (secondary N) is 1. The first kappa shape index (κ1) is 22.4. The van der Waals surface area contributed by atoms with E-state index in [1.807, 2.05) is 0 Å². The Hall–Kier alpha value is -1.17. The molecule has 0 spiro atoms. The third-order valence-electron chi connectivity index (χ3n) is 0.396. The standard InChI is InChI=1S/C2H7N3.C2H5N3.2CH4/c2*1-4-5-2-3;;/h2-3H2,1H3;2-3H,1H3;2*1H4. The van der Waals surface area contributed by atoms with Crippen molar-refractivity contribution in [3.05, 3.63) is 0 Å². The zero-order chi connectivity index (χ0) is 8.24. The Kier molecular flexibility index (Phi) is 61.4. The molecule has 3 N–H and O–H groups in total. The average Bonchev–Trinajstić information content (AvgIpc) is 1.93. The van der Waals surface area contributed by atoms with E-state index >= 15 is 0 Å². The van der Waals surface area contributed by atoms with Crippen LogP contribution in [0, 0.1) is 5.41 Å². The van der Waals surface area contributed by atoms with E-state index in [1.165, 1.54) is 7.05 Å². The molecule has 0 bridgehead atoms. The predicted molar refractivity (Wildman–Crippen MR) is 52.9 cm³/mol. The monoisotopic (exact) mass is 176 g/mol. The quantitative estimate of drug-likeness (QED) is 0.375. The number of azo groups is 2. The van der Waals surface area contributed by atoms with E-state index in [0.29, 0.717) is 6.67 Å². The van der Waals surface area contributed by atoms with Gasteiger partial charge in [0.15, 0.2) is 0 Å². The van der Waals surface area contributed by atoms with Gasteiger partial charge in [-0.25, -0.2) is 0 Å². The van der Waals surface area contributed by atoms with Gasteiger partial charge in [-0.3, -0.25) is 5.41 Å². The third kappa shape index (κ3) is 67.6. The van der Waals surface area contributed by atoms with Gasteiger partial charge >= 0.3 is 0 Å². The lowest BCUT2D eigenvalue weighted by Crippen LogP contribution is -1.90. The Morgan fingerprint density at radius 1 is 1.25 bits per heavy atom. The summed E-state index contributed by atoms with van der Waals surface area (Å²) in [5.41, 5.74) is 4.88. The second-order valence-corrected chi connectivity index (χ2v) is 0.969. The molecule has 74 valence electrons. The molecule has 0 unspecified atom stereocenters. The molecule has 0 aliphatic rings. The fourth-order valence-electron chi connectivity index (χ4n) is 0.139. The molecule has 6 nitrogen and oxygen atoms in total. The average molecular weight is 176 g/mol. The molecule has 0 atom stereocenters. The van der Waals surface area contributed by atoms with Gasteiger partial charge in [-0.2, -0.15) is 15.3 Å². The highest BCUT2D eigenvalue weighted by atomic mass is 15.1. The van der Waals surface area contributed by atoms with Crippen LogP contribution >= 0.6 is 0 Å². The van der Waals surface area contributed by atoms with Gasteiger partial charge in [0, 0.05) is 14.1 Å². The Balaban J connectivity index is -0.0000000457. The van der Waals surface area contributed by atoms with E-state index in [-0.39, 0.29) is 14.9 Å². The van der Waals surface area contributed by atoms with E-state index < -0.39 is 0 Å². The molecule has 12 heavy (non-hydrogen) atoms. The maximum absolute atomic E-state index is 6.22. The van der Waals surface area contributed by atoms with Crippen molar-refractivity contribution in [3.8, 4) is 0 Å². The summed E-state index contributed by atoms with van der Waals surface area (Å²) in [5.74, 6) is 0. The van der Waals surface area contributed by atoms with Gasteiger partial charge < -0.3 is 5.73 Å². The second-order valence-electron chi connectivity index (χ2n) is 0.969. The van der Waals surface area contributed by atoms with Crippen molar-refractivity contribution >= 4 is 6.34 Å². The summed E-state index contributed by atoms with van der Waals surface area (Å²) >= 11 is 0. The summed E-state index contributed by atoms with van der Waals surface area (Å²) in [5, 5.41) is 19.3. The first-order valence-corrected chi connectivity index (χ1v) is 2.57. The van der Waals surface area contributed by atoms with Crippen molar-refractivity contribution < 1.29 is 0 Å². The molecule has 0 heterocycles. The maximum Gasteiger partial charge on any atom is 0.129 e. The van der Waals surface area contributed by atoms with Crippen LogP contribution in [0.2, 0.25) is 0 Å². The van der Waals surface area contributed by atoms with Gasteiger partial charge in [0.2, 0.25) is 0 Å². The van der Waals surface area contributed by atoms with Crippen LogP contribution in [0.1, 0.15) is 14.9 Å². The number of hydrogen-bond donors (Lipinski definition) is 2. The summed E-state index contributed by atoms with van der Waals surface area (Å²) in [6.45, 7) is 0.302. The lowest BCUT2D eigenvalue weighted by atomic mass is 11.2. The van der Waals surface area contributed by atoms with E-state index in [1.54, 1.807) is 7.05 Å². The van der Waals surface area contributed by atoms with Crippen LogP contribution in [-0.4, -0.2) is 27.1 Å². The zero-order valence-electron chi connectivity index (χ0n) is 6.15. The van der Waals surface area contributed by atoms with Crippen molar-refractivity contribution in [2.75, 3.05) is 20.8 Å². The molecule has 0 saturated carbocycles. The fourth-order valence-corrected chi connectivity index (χ4v) is 0.139. The van der Waals surface area contributed by atoms with Crippen molar-refractivity contribution in [3.63, 3.8) is 0 Å². The third-order valence-corrected chi connectivity index (χ3v) is 0.396. The topological polar surface area (TPSA) is 99.3 Å². The molecule has 0 aliphatic heterocycles. The van der Waals surface area contributed by atoms with Crippen molar-refractivity contribution in [1.82, 2.24) is 0 Å². The lowest BCUT2D eigenvalue weighted by Gasteiger charge is -1.68. The highest BCUT2D eigenvalue weighted by Crippen LogP contribution is 1.55. The van der Waals surface area contributed by atoms with Gasteiger partial charge in [-0.15, -0.1) is 5.11 Å². The van der Waals surface area contributed by atoms with E-state index in [0.717, 1.165) is 6.34 Å². The molecule has 0 aliphatic carbocycles. The van der Waals surface area contributed by atoms with Gasteiger partial charge in [0.25, 0.3) is 0 Å². The highest BCUT2D eigenvalue weighted by molar-refractivity contribution is 5.49. The highest BCUT2D eigenvalue weighted by Gasteiger charge is 1.50. The summed E-state index contributed by atoms with van der Waals surface area (Å²) in [7, 11) is 3.11. The lowest BCUT2D eigenvalue weighted by molar-refractivity contribution is 0.943. The zero-order valence-corrected chi connectivity index (χ0v) is 6.15. The maximum atomic E-state index is 6.22. The Morgan fingerprint density at radius 3 is 1.75 bits per heavy atom. The molecule has 0 aromatic heterocycles. The molecular formula is C6H20N6. The first-order chi connectivity index (χ1) is 4.83. The summed E-state index contributed by atoms with van der Waals surface area (Å²) in [4.78, 5) is 0. The predicted octanol–water partition coefficient (Wildman–Crippen LogP) is 1.93. The van der Waals surface area contributed by atoms with Gasteiger partial charge in [-0.05, 0) is 0 Å². The first-order valence-electron chi connectivity index (χ1n) is 2.57.